The smallest absolute Gasteiger partial charge is 0.223 e. The largest absolute Gasteiger partial charge is 0.376 e. The lowest BCUT2D eigenvalue weighted by atomic mass is 9.88. The van der Waals surface area contributed by atoms with Crippen LogP contribution in [0.3, 0.4) is 0 Å². The van der Waals surface area contributed by atoms with Crippen molar-refractivity contribution in [2.24, 2.45) is 5.92 Å². The van der Waals surface area contributed by atoms with Gasteiger partial charge in [0, 0.05) is 18.6 Å². The molecule has 1 atom stereocenters. The molecule has 1 aliphatic heterocycles. The van der Waals surface area contributed by atoms with E-state index in [1.165, 1.54) is 0 Å². The summed E-state index contributed by atoms with van der Waals surface area (Å²) in [6.07, 6.45) is 3.11. The number of carbonyl (C=O) groups excluding carboxylic acids is 1. The number of hydrogen-bond acceptors (Lipinski definition) is 4. The molecule has 0 aromatic carbocycles. The minimum Gasteiger partial charge on any atom is -0.376 e. The first-order valence-electron chi connectivity index (χ1n) is 5.88. The van der Waals surface area contributed by atoms with Gasteiger partial charge < -0.3 is 14.6 Å². The van der Waals surface area contributed by atoms with Crippen molar-refractivity contribution in [2.45, 2.75) is 38.8 Å². The molecule has 0 bridgehead atoms. The Hall–Kier alpha value is -1.36. The first-order valence-corrected chi connectivity index (χ1v) is 5.88. The molecule has 0 aliphatic carbocycles. The molecule has 94 valence electrons. The maximum Gasteiger partial charge on any atom is 0.223 e. The van der Waals surface area contributed by atoms with Crippen molar-refractivity contribution in [3.63, 3.8) is 0 Å². The van der Waals surface area contributed by atoms with Crippen molar-refractivity contribution in [3.05, 3.63) is 18.0 Å². The quantitative estimate of drug-likeness (QED) is 0.866. The number of hydrogen-bond donors (Lipinski definition) is 1. The molecule has 17 heavy (non-hydrogen) atoms. The lowest BCUT2D eigenvalue weighted by molar-refractivity contribution is -0.135. The van der Waals surface area contributed by atoms with Crippen molar-refractivity contribution >= 4 is 5.91 Å². The fourth-order valence-electron chi connectivity index (χ4n) is 2.11. The summed E-state index contributed by atoms with van der Waals surface area (Å²) in [6, 6.07) is 1.74. The second kappa shape index (κ2) is 4.87. The average Bonchev–Trinajstić information content (AvgIpc) is 2.77. The van der Waals surface area contributed by atoms with E-state index in [1.807, 2.05) is 13.8 Å². The van der Waals surface area contributed by atoms with Gasteiger partial charge in [-0.3, -0.25) is 4.79 Å². The van der Waals surface area contributed by atoms with Gasteiger partial charge >= 0.3 is 0 Å². The minimum absolute atomic E-state index is 0.0293. The highest BCUT2D eigenvalue weighted by Crippen LogP contribution is 2.28. The lowest BCUT2D eigenvalue weighted by Gasteiger charge is -2.34. The first-order chi connectivity index (χ1) is 8.07. The third-order valence-corrected chi connectivity index (χ3v) is 3.00. The van der Waals surface area contributed by atoms with Crippen LogP contribution in [0.15, 0.2) is 16.8 Å². The normalized spacial score (nSPS) is 23.3. The monoisotopic (exact) mass is 238 g/mol. The Morgan fingerprint density at radius 2 is 2.47 bits per heavy atom. The molecule has 1 aromatic heterocycles. The van der Waals surface area contributed by atoms with Gasteiger partial charge in [-0.05, 0) is 26.7 Å². The summed E-state index contributed by atoms with van der Waals surface area (Å²) in [4.78, 5) is 12.0. The predicted molar refractivity (Wildman–Crippen MR) is 61.1 cm³/mol. The molecule has 5 nitrogen and oxygen atoms in total. The Morgan fingerprint density at radius 3 is 3.12 bits per heavy atom. The number of aromatic nitrogens is 1. The van der Waals surface area contributed by atoms with E-state index in [0.717, 1.165) is 12.8 Å². The number of nitrogens with zero attached hydrogens (tertiary/aromatic N) is 1. The van der Waals surface area contributed by atoms with E-state index >= 15 is 0 Å². The van der Waals surface area contributed by atoms with Gasteiger partial charge in [-0.1, -0.05) is 5.16 Å². The van der Waals surface area contributed by atoms with Crippen LogP contribution in [0.2, 0.25) is 0 Å². The van der Waals surface area contributed by atoms with E-state index in [0.29, 0.717) is 18.9 Å². The summed E-state index contributed by atoms with van der Waals surface area (Å²) in [5.41, 5.74) is -0.202. The van der Waals surface area contributed by atoms with Gasteiger partial charge in [0.15, 0.2) is 5.76 Å². The number of nitrogens with one attached hydrogen (secondary N) is 1. The summed E-state index contributed by atoms with van der Waals surface area (Å²) in [5, 5.41) is 6.45. The van der Waals surface area contributed by atoms with Gasteiger partial charge in [-0.15, -0.1) is 0 Å². The molecule has 5 heteroatoms. The predicted octanol–water partition coefficient (Wildman–Crippen LogP) is 1.50. The second-order valence-electron chi connectivity index (χ2n) is 4.99. The van der Waals surface area contributed by atoms with Crippen LogP contribution in [-0.2, 0) is 16.1 Å². The van der Waals surface area contributed by atoms with Gasteiger partial charge in [0.05, 0.1) is 18.3 Å². The number of amides is 1. The highest BCUT2D eigenvalue weighted by atomic mass is 16.5. The minimum atomic E-state index is -0.202. The van der Waals surface area contributed by atoms with Crippen LogP contribution in [0.4, 0.5) is 0 Å². The van der Waals surface area contributed by atoms with Gasteiger partial charge in [0.2, 0.25) is 5.91 Å². The summed E-state index contributed by atoms with van der Waals surface area (Å²) in [6.45, 7) is 5.08. The fraction of sp³-hybridized carbons (Fsp3) is 0.667. The Labute approximate surface area is 101 Å². The molecule has 1 aromatic rings. The topological polar surface area (TPSA) is 64.4 Å². The molecule has 1 aliphatic rings. The summed E-state index contributed by atoms with van der Waals surface area (Å²) in [5.74, 6) is 0.768. The van der Waals surface area contributed by atoms with Crippen molar-refractivity contribution in [3.8, 4) is 0 Å². The summed E-state index contributed by atoms with van der Waals surface area (Å²) < 4.78 is 10.5. The van der Waals surface area contributed by atoms with Crippen molar-refractivity contribution in [1.82, 2.24) is 10.5 Å². The van der Waals surface area contributed by atoms with E-state index in [-0.39, 0.29) is 17.4 Å². The summed E-state index contributed by atoms with van der Waals surface area (Å²) >= 11 is 0. The van der Waals surface area contributed by atoms with Crippen molar-refractivity contribution in [2.75, 3.05) is 6.61 Å². The van der Waals surface area contributed by atoms with E-state index in [9.17, 15) is 4.79 Å². The number of rotatable bonds is 3. The molecule has 0 saturated carbocycles. The van der Waals surface area contributed by atoms with E-state index < -0.39 is 0 Å². The maximum absolute atomic E-state index is 12.0. The van der Waals surface area contributed by atoms with Gasteiger partial charge in [-0.25, -0.2) is 0 Å². The van der Waals surface area contributed by atoms with Gasteiger partial charge in [0.25, 0.3) is 0 Å². The van der Waals surface area contributed by atoms with Crippen LogP contribution < -0.4 is 5.32 Å². The maximum atomic E-state index is 12.0. The number of ether oxygens (including phenoxy) is 1. The molecule has 2 rings (SSSR count). The van der Waals surface area contributed by atoms with Crippen molar-refractivity contribution in [1.29, 1.82) is 0 Å². The zero-order valence-electron chi connectivity index (χ0n) is 10.2. The van der Waals surface area contributed by atoms with Crippen LogP contribution in [0.1, 0.15) is 32.4 Å². The lowest BCUT2D eigenvalue weighted by Crippen LogP contribution is -2.41. The standard InChI is InChI=1S/C12H18N2O3/c1-12(2)7-9(4-6-16-12)11(15)13-8-10-3-5-14-17-10/h3,5,9H,4,6-8H2,1-2H3,(H,13,15)/t9-/m0/s1. The summed E-state index contributed by atoms with van der Waals surface area (Å²) in [7, 11) is 0. The molecule has 1 fully saturated rings. The third kappa shape index (κ3) is 3.30. The molecule has 0 spiro atoms. The van der Waals surface area contributed by atoms with Crippen LogP contribution in [0.5, 0.6) is 0 Å². The third-order valence-electron chi connectivity index (χ3n) is 3.00. The van der Waals surface area contributed by atoms with Crippen LogP contribution in [0.25, 0.3) is 0 Å². The van der Waals surface area contributed by atoms with E-state index in [4.69, 9.17) is 9.26 Å². The fourth-order valence-corrected chi connectivity index (χ4v) is 2.11. The molecular formula is C12H18N2O3. The van der Waals surface area contributed by atoms with Crippen LogP contribution in [0, 0.1) is 5.92 Å². The Morgan fingerprint density at radius 1 is 1.65 bits per heavy atom. The van der Waals surface area contributed by atoms with Crippen molar-refractivity contribution < 1.29 is 14.1 Å². The van der Waals surface area contributed by atoms with Crippen LogP contribution in [-0.4, -0.2) is 23.3 Å². The zero-order chi connectivity index (χ0) is 12.3. The second-order valence-corrected chi connectivity index (χ2v) is 4.99. The zero-order valence-corrected chi connectivity index (χ0v) is 10.2. The molecule has 1 N–H and O–H groups in total. The molecular weight excluding hydrogens is 220 g/mol. The highest BCUT2D eigenvalue weighted by molar-refractivity contribution is 5.78. The molecule has 1 amide bonds. The van der Waals surface area contributed by atoms with Gasteiger partial charge in [-0.2, -0.15) is 0 Å². The van der Waals surface area contributed by atoms with E-state index in [1.54, 1.807) is 12.3 Å². The highest BCUT2D eigenvalue weighted by Gasteiger charge is 2.32. The first kappa shape index (κ1) is 12.1. The molecule has 0 radical (unpaired) electrons. The molecule has 2 heterocycles. The Bertz CT molecular complexity index is 373. The molecule has 1 saturated heterocycles. The Kier molecular flexibility index (Phi) is 3.47. The van der Waals surface area contributed by atoms with E-state index in [2.05, 4.69) is 10.5 Å². The Balaban J connectivity index is 1.83. The number of carbonyl (C=O) groups is 1. The van der Waals surface area contributed by atoms with Gasteiger partial charge in [0.1, 0.15) is 0 Å². The van der Waals surface area contributed by atoms with Crippen LogP contribution >= 0.6 is 0 Å². The molecule has 0 unspecified atom stereocenters. The SMILES string of the molecule is CC1(C)C[C@@H](C(=O)NCc2ccno2)CCO1. The average molecular weight is 238 g/mol.